The highest BCUT2D eigenvalue weighted by Crippen LogP contribution is 2.23. The first kappa shape index (κ1) is 19.2. The molecule has 0 saturated carbocycles. The zero-order valence-corrected chi connectivity index (χ0v) is 16.4. The van der Waals surface area contributed by atoms with Crippen LogP contribution in [0, 0.1) is 0 Å². The van der Waals surface area contributed by atoms with Gasteiger partial charge in [0, 0.05) is 16.2 Å². The van der Waals surface area contributed by atoms with E-state index >= 15 is 0 Å². The largest absolute Gasteiger partial charge is 0.496 e. The van der Waals surface area contributed by atoms with Gasteiger partial charge in [-0.05, 0) is 49.0 Å². The number of nitrogens with one attached hydrogen (secondary N) is 2. The Morgan fingerprint density at radius 3 is 2.76 bits per heavy atom. The molecule has 0 aliphatic rings. The molecule has 5 nitrogen and oxygen atoms in total. The van der Waals surface area contributed by atoms with Gasteiger partial charge in [-0.25, -0.2) is 0 Å². The Labute approximate surface area is 160 Å². The summed E-state index contributed by atoms with van der Waals surface area (Å²) in [6.45, 7) is 2.69. The Kier molecular flexibility index (Phi) is 7.21. The van der Waals surface area contributed by atoms with Gasteiger partial charge in [0.1, 0.15) is 11.5 Å². The smallest absolute Gasteiger partial charge is 0.261 e. The van der Waals surface area contributed by atoms with Gasteiger partial charge in [0.05, 0.1) is 19.3 Å². The number of carbonyl (C=O) groups excluding carboxylic acids is 1. The van der Waals surface area contributed by atoms with Crippen molar-refractivity contribution in [3.05, 3.63) is 52.5 Å². The molecule has 2 rings (SSSR count). The summed E-state index contributed by atoms with van der Waals surface area (Å²) in [5.74, 6) is 0.863. The maximum absolute atomic E-state index is 12.4. The number of rotatable bonds is 6. The fourth-order valence-corrected chi connectivity index (χ4v) is 2.65. The first-order valence-corrected chi connectivity index (χ1v) is 8.92. The van der Waals surface area contributed by atoms with Crippen LogP contribution < -0.4 is 20.1 Å². The predicted octanol–water partition coefficient (Wildman–Crippen LogP) is 4.37. The average Bonchev–Trinajstić information content (AvgIpc) is 2.60. The Bertz CT molecular complexity index is 768. The van der Waals surface area contributed by atoms with E-state index < -0.39 is 0 Å². The highest BCUT2D eigenvalue weighted by Gasteiger charge is 2.14. The highest BCUT2D eigenvalue weighted by atomic mass is 79.9. The number of hydrogen-bond acceptors (Lipinski definition) is 4. The quantitative estimate of drug-likeness (QED) is 0.676. The fraction of sp³-hybridized carbons (Fsp3) is 0.222. The van der Waals surface area contributed by atoms with Gasteiger partial charge in [-0.15, -0.1) is 0 Å². The van der Waals surface area contributed by atoms with E-state index in [1.165, 1.54) is 7.11 Å². The van der Waals surface area contributed by atoms with E-state index in [4.69, 9.17) is 21.7 Å². The average molecular weight is 423 g/mol. The van der Waals surface area contributed by atoms with Gasteiger partial charge in [-0.3, -0.25) is 10.1 Å². The number of amides is 1. The third-order valence-corrected chi connectivity index (χ3v) is 3.90. The van der Waals surface area contributed by atoms with E-state index in [9.17, 15) is 4.79 Å². The van der Waals surface area contributed by atoms with Crippen LogP contribution in [0.4, 0.5) is 5.69 Å². The van der Waals surface area contributed by atoms with Crippen LogP contribution in [0.5, 0.6) is 11.5 Å². The SMILES string of the molecule is CCCOc1cccc(NC(=S)NC(=O)c2cc(Br)ccc2OC)c1. The second-order valence-corrected chi connectivity index (χ2v) is 6.45. The number of methoxy groups -OCH3 is 1. The molecule has 0 fully saturated rings. The summed E-state index contributed by atoms with van der Waals surface area (Å²) in [4.78, 5) is 12.4. The second-order valence-electron chi connectivity index (χ2n) is 5.13. The van der Waals surface area contributed by atoms with Crippen LogP contribution in [0.3, 0.4) is 0 Å². The van der Waals surface area contributed by atoms with Crippen LogP contribution >= 0.6 is 28.1 Å². The minimum absolute atomic E-state index is 0.194. The molecular formula is C18H19BrN2O3S. The van der Waals surface area contributed by atoms with Crippen molar-refractivity contribution in [1.29, 1.82) is 0 Å². The van der Waals surface area contributed by atoms with Crippen molar-refractivity contribution < 1.29 is 14.3 Å². The Balaban J connectivity index is 2.03. The van der Waals surface area contributed by atoms with Crippen molar-refractivity contribution in [2.24, 2.45) is 0 Å². The number of carbonyl (C=O) groups is 1. The Morgan fingerprint density at radius 1 is 1.24 bits per heavy atom. The predicted molar refractivity (Wildman–Crippen MR) is 107 cm³/mol. The molecule has 0 bridgehead atoms. The van der Waals surface area contributed by atoms with Crippen LogP contribution in [0.15, 0.2) is 46.9 Å². The summed E-state index contributed by atoms with van der Waals surface area (Å²) >= 11 is 8.56. The number of anilines is 1. The van der Waals surface area contributed by atoms with E-state index in [1.807, 2.05) is 31.2 Å². The van der Waals surface area contributed by atoms with Crippen LogP contribution in [-0.2, 0) is 0 Å². The van der Waals surface area contributed by atoms with Crippen molar-refractivity contribution in [3.8, 4) is 11.5 Å². The molecular weight excluding hydrogens is 404 g/mol. The molecule has 132 valence electrons. The van der Waals surface area contributed by atoms with Gasteiger partial charge in [-0.1, -0.05) is 28.9 Å². The molecule has 0 aromatic heterocycles. The molecule has 2 N–H and O–H groups in total. The topological polar surface area (TPSA) is 59.6 Å². The third kappa shape index (κ3) is 5.72. The molecule has 0 saturated heterocycles. The molecule has 0 aliphatic carbocycles. The van der Waals surface area contributed by atoms with E-state index in [0.29, 0.717) is 17.9 Å². The Hall–Kier alpha value is -2.12. The fourth-order valence-electron chi connectivity index (χ4n) is 2.07. The molecule has 0 aliphatic heterocycles. The number of halogens is 1. The lowest BCUT2D eigenvalue weighted by atomic mass is 10.2. The lowest BCUT2D eigenvalue weighted by Gasteiger charge is -2.13. The van der Waals surface area contributed by atoms with Gasteiger partial charge < -0.3 is 14.8 Å². The lowest BCUT2D eigenvalue weighted by Crippen LogP contribution is -2.34. The van der Waals surface area contributed by atoms with Crippen LogP contribution in [-0.4, -0.2) is 24.7 Å². The molecule has 0 heterocycles. The minimum Gasteiger partial charge on any atom is -0.496 e. The lowest BCUT2D eigenvalue weighted by molar-refractivity contribution is 0.0974. The van der Waals surface area contributed by atoms with Crippen molar-refractivity contribution in [2.45, 2.75) is 13.3 Å². The van der Waals surface area contributed by atoms with E-state index in [1.54, 1.807) is 18.2 Å². The molecule has 2 aromatic rings. The number of hydrogen-bond donors (Lipinski definition) is 2. The van der Waals surface area contributed by atoms with Gasteiger partial charge in [-0.2, -0.15) is 0 Å². The molecule has 1 amide bonds. The second kappa shape index (κ2) is 9.39. The van der Waals surface area contributed by atoms with E-state index in [2.05, 4.69) is 26.6 Å². The van der Waals surface area contributed by atoms with Crippen molar-refractivity contribution in [1.82, 2.24) is 5.32 Å². The van der Waals surface area contributed by atoms with Crippen LogP contribution in [0.25, 0.3) is 0 Å². The molecule has 0 atom stereocenters. The molecule has 25 heavy (non-hydrogen) atoms. The zero-order valence-electron chi connectivity index (χ0n) is 14.0. The molecule has 2 aromatic carbocycles. The normalized spacial score (nSPS) is 10.0. The zero-order chi connectivity index (χ0) is 18.2. The van der Waals surface area contributed by atoms with Crippen molar-refractivity contribution in [2.75, 3.05) is 19.0 Å². The Morgan fingerprint density at radius 2 is 2.04 bits per heavy atom. The van der Waals surface area contributed by atoms with E-state index in [-0.39, 0.29) is 11.0 Å². The summed E-state index contributed by atoms with van der Waals surface area (Å²) in [5.41, 5.74) is 1.13. The molecule has 0 radical (unpaired) electrons. The summed E-state index contributed by atoms with van der Waals surface area (Å²) in [5, 5.41) is 5.82. The first-order valence-electron chi connectivity index (χ1n) is 7.72. The number of thiocarbonyl (C=S) groups is 1. The summed E-state index contributed by atoms with van der Waals surface area (Å²) in [7, 11) is 1.51. The summed E-state index contributed by atoms with van der Waals surface area (Å²) in [6.07, 6.45) is 0.931. The number of ether oxygens (including phenoxy) is 2. The summed E-state index contributed by atoms with van der Waals surface area (Å²) in [6, 6.07) is 12.6. The molecule has 0 unspecified atom stereocenters. The van der Waals surface area contributed by atoms with Crippen molar-refractivity contribution in [3.63, 3.8) is 0 Å². The van der Waals surface area contributed by atoms with Crippen LogP contribution in [0.2, 0.25) is 0 Å². The molecule has 7 heteroatoms. The first-order chi connectivity index (χ1) is 12.0. The third-order valence-electron chi connectivity index (χ3n) is 3.20. The minimum atomic E-state index is -0.353. The van der Waals surface area contributed by atoms with Gasteiger partial charge >= 0.3 is 0 Å². The maximum Gasteiger partial charge on any atom is 0.261 e. The van der Waals surface area contributed by atoms with Gasteiger partial charge in [0.2, 0.25) is 0 Å². The summed E-state index contributed by atoms with van der Waals surface area (Å²) < 4.78 is 11.6. The maximum atomic E-state index is 12.4. The van der Waals surface area contributed by atoms with Crippen molar-refractivity contribution >= 4 is 44.9 Å². The van der Waals surface area contributed by atoms with Gasteiger partial charge in [0.25, 0.3) is 5.91 Å². The standard InChI is InChI=1S/C18H19BrN2O3S/c1-3-9-24-14-6-4-5-13(11-14)20-18(25)21-17(22)15-10-12(19)7-8-16(15)23-2/h4-8,10-11H,3,9H2,1-2H3,(H2,20,21,22,25). The monoisotopic (exact) mass is 422 g/mol. The highest BCUT2D eigenvalue weighted by molar-refractivity contribution is 9.10. The van der Waals surface area contributed by atoms with Gasteiger partial charge in [0.15, 0.2) is 5.11 Å². The molecule has 0 spiro atoms. The number of benzene rings is 2. The van der Waals surface area contributed by atoms with E-state index in [0.717, 1.165) is 22.3 Å². The van der Waals surface area contributed by atoms with Crippen LogP contribution in [0.1, 0.15) is 23.7 Å².